The van der Waals surface area contributed by atoms with Crippen molar-refractivity contribution in [3.05, 3.63) is 102 Å². The lowest BCUT2D eigenvalue weighted by molar-refractivity contribution is 0.0946. The van der Waals surface area contributed by atoms with E-state index in [9.17, 15) is 18.0 Å². The van der Waals surface area contributed by atoms with Crippen LogP contribution in [0.25, 0.3) is 10.8 Å². The first-order valence-corrected chi connectivity index (χ1v) is 20.8. The minimum atomic E-state index is -3.53. The number of urea groups is 1. The summed E-state index contributed by atoms with van der Waals surface area (Å²) < 4.78 is 38.4. The Hall–Kier alpha value is -5.86. The van der Waals surface area contributed by atoms with Crippen LogP contribution in [-0.2, 0) is 15.4 Å². The topological polar surface area (TPSA) is 163 Å². The zero-order valence-electron chi connectivity index (χ0n) is 33.2. The van der Waals surface area contributed by atoms with Crippen molar-refractivity contribution in [3.8, 4) is 17.2 Å². The van der Waals surface area contributed by atoms with E-state index in [1.165, 1.54) is 0 Å². The number of hydrogen-bond acceptors (Lipinski definition) is 9. The van der Waals surface area contributed by atoms with E-state index in [2.05, 4.69) is 42.9 Å². The van der Waals surface area contributed by atoms with Gasteiger partial charge in [-0.15, -0.1) is 0 Å². The third kappa shape index (κ3) is 11.1. The second-order valence-corrected chi connectivity index (χ2v) is 17.2. The smallest absolute Gasteiger partial charge is 0.323 e. The van der Waals surface area contributed by atoms with Gasteiger partial charge in [0.2, 0.25) is 10.0 Å². The van der Waals surface area contributed by atoms with Gasteiger partial charge in [0.05, 0.1) is 30.3 Å². The summed E-state index contributed by atoms with van der Waals surface area (Å²) in [6, 6.07) is 24.6. The van der Waals surface area contributed by atoms with Gasteiger partial charge in [-0.1, -0.05) is 45.0 Å². The molecule has 0 atom stereocenters. The van der Waals surface area contributed by atoms with Crippen LogP contribution in [0.3, 0.4) is 0 Å². The van der Waals surface area contributed by atoms with E-state index < -0.39 is 16.1 Å². The third-order valence-corrected chi connectivity index (χ3v) is 10.5. The molecule has 1 saturated heterocycles. The highest BCUT2D eigenvalue weighted by Crippen LogP contribution is 2.36. The lowest BCUT2D eigenvalue weighted by atomic mass is 9.86. The number of hydrogen-bond donors (Lipinski definition) is 5. The van der Waals surface area contributed by atoms with Crippen LogP contribution >= 0.6 is 0 Å². The molecule has 5 aromatic rings. The maximum Gasteiger partial charge on any atom is 0.323 e. The summed E-state index contributed by atoms with van der Waals surface area (Å²) in [4.78, 5) is 33.2. The highest BCUT2D eigenvalue weighted by Gasteiger charge is 2.20. The Morgan fingerprint density at radius 1 is 0.860 bits per heavy atom. The number of piperidine rings is 1. The molecule has 14 heteroatoms. The molecule has 0 unspecified atom stereocenters. The van der Waals surface area contributed by atoms with Crippen molar-refractivity contribution >= 4 is 61.3 Å². The van der Waals surface area contributed by atoms with Crippen molar-refractivity contribution in [2.45, 2.75) is 45.4 Å². The fourth-order valence-corrected chi connectivity index (χ4v) is 7.32. The van der Waals surface area contributed by atoms with Crippen molar-refractivity contribution in [1.82, 2.24) is 15.2 Å². The molecule has 57 heavy (non-hydrogen) atoms. The standard InChI is InChI=1S/C43H51N7O6S/c1-43(2,3)29-23-31(25-32(24-29)49-57(6,53)54)47-42(52)48-37-13-14-38(35-10-8-7-9-34(35)37)56-33-16-20-44-40(27-33)46-30-11-12-36(39(26-30)55-5)41(51)45-19-15-28-17-21-50(4)22-18-28/h7-14,16,20,23-28,49H,15,17-19,21-22H2,1-6H3,(H,44,46)(H,45,51)(H2,47,48,52). The zero-order valence-corrected chi connectivity index (χ0v) is 34.0. The summed E-state index contributed by atoms with van der Waals surface area (Å²) in [5, 5.41) is 13.6. The van der Waals surface area contributed by atoms with Gasteiger partial charge in [0.25, 0.3) is 5.91 Å². The summed E-state index contributed by atoms with van der Waals surface area (Å²) in [5.41, 5.74) is 3.04. The van der Waals surface area contributed by atoms with Crippen molar-refractivity contribution in [2.24, 2.45) is 5.92 Å². The molecule has 0 radical (unpaired) electrons. The predicted molar refractivity (Wildman–Crippen MR) is 228 cm³/mol. The lowest BCUT2D eigenvalue weighted by Crippen LogP contribution is -2.32. The molecule has 0 bridgehead atoms. The average molecular weight is 794 g/mol. The predicted octanol–water partition coefficient (Wildman–Crippen LogP) is 8.55. The number of anilines is 5. The fourth-order valence-electron chi connectivity index (χ4n) is 6.77. The number of ether oxygens (including phenoxy) is 2. The number of carbonyl (C=O) groups excluding carboxylic acids is 2. The van der Waals surface area contributed by atoms with Crippen LogP contribution in [-0.4, -0.2) is 70.3 Å². The molecule has 0 spiro atoms. The number of aromatic nitrogens is 1. The molecule has 300 valence electrons. The zero-order chi connectivity index (χ0) is 40.7. The largest absolute Gasteiger partial charge is 0.496 e. The molecule has 5 N–H and O–H groups in total. The van der Waals surface area contributed by atoms with E-state index in [1.54, 1.807) is 61.8 Å². The number of benzene rings is 4. The molecule has 2 heterocycles. The molecule has 1 aromatic heterocycles. The quantitative estimate of drug-likeness (QED) is 0.0786. The molecule has 0 saturated carbocycles. The molecule has 3 amide bonds. The molecule has 6 rings (SSSR count). The van der Waals surface area contributed by atoms with E-state index in [1.807, 2.05) is 57.2 Å². The van der Waals surface area contributed by atoms with Crippen molar-refractivity contribution < 1.29 is 27.5 Å². The number of pyridine rings is 1. The number of methoxy groups -OCH3 is 1. The van der Waals surface area contributed by atoms with Gasteiger partial charge in [-0.2, -0.15) is 0 Å². The molecule has 1 aliphatic heterocycles. The molecule has 4 aromatic carbocycles. The van der Waals surface area contributed by atoms with Gasteiger partial charge in [0.1, 0.15) is 23.1 Å². The normalized spacial score (nSPS) is 13.8. The van der Waals surface area contributed by atoms with Gasteiger partial charge in [0.15, 0.2) is 0 Å². The van der Waals surface area contributed by atoms with Gasteiger partial charge in [-0.05, 0) is 105 Å². The van der Waals surface area contributed by atoms with Gasteiger partial charge in [-0.25, -0.2) is 18.2 Å². The van der Waals surface area contributed by atoms with E-state index in [0.29, 0.717) is 63.8 Å². The number of nitrogens with zero attached hydrogens (tertiary/aromatic N) is 2. The van der Waals surface area contributed by atoms with Crippen LogP contribution in [0.1, 0.15) is 56.0 Å². The number of likely N-dealkylation sites (tertiary alicyclic amines) is 1. The summed E-state index contributed by atoms with van der Waals surface area (Å²) in [7, 11) is 0.160. The van der Waals surface area contributed by atoms with Gasteiger partial charge < -0.3 is 35.6 Å². The van der Waals surface area contributed by atoms with Crippen molar-refractivity contribution in [3.63, 3.8) is 0 Å². The second kappa shape index (κ2) is 17.5. The number of rotatable bonds is 13. The Bertz CT molecular complexity index is 2350. The number of amides is 3. The van der Waals surface area contributed by atoms with Crippen LogP contribution in [0.5, 0.6) is 17.2 Å². The summed E-state index contributed by atoms with van der Waals surface area (Å²) in [6.45, 7) is 8.84. The summed E-state index contributed by atoms with van der Waals surface area (Å²) in [5.74, 6) is 2.53. The van der Waals surface area contributed by atoms with Crippen LogP contribution < -0.4 is 35.5 Å². The van der Waals surface area contributed by atoms with Crippen molar-refractivity contribution in [1.29, 1.82) is 0 Å². The third-order valence-electron chi connectivity index (χ3n) is 9.85. The number of fused-ring (bicyclic) bond motifs is 1. The van der Waals surface area contributed by atoms with Crippen LogP contribution in [0.15, 0.2) is 91.1 Å². The number of nitrogens with one attached hydrogen (secondary N) is 5. The Morgan fingerprint density at radius 2 is 1.60 bits per heavy atom. The van der Waals surface area contributed by atoms with Gasteiger partial charge in [0, 0.05) is 47.0 Å². The minimum Gasteiger partial charge on any atom is -0.496 e. The van der Waals surface area contributed by atoms with E-state index in [-0.39, 0.29) is 11.3 Å². The monoisotopic (exact) mass is 793 g/mol. The highest BCUT2D eigenvalue weighted by molar-refractivity contribution is 7.92. The SMILES string of the molecule is COc1cc(Nc2cc(Oc3ccc(NC(=O)Nc4cc(NS(C)(=O)=O)cc(C(C)(C)C)c4)c4ccccc34)ccn2)ccc1C(=O)NCCC1CCN(C)CC1. The Labute approximate surface area is 334 Å². The fraction of sp³-hybridized carbons (Fsp3) is 0.326. The first-order valence-electron chi connectivity index (χ1n) is 18.9. The molecule has 0 aliphatic carbocycles. The Morgan fingerprint density at radius 3 is 2.32 bits per heavy atom. The second-order valence-electron chi connectivity index (χ2n) is 15.5. The van der Waals surface area contributed by atoms with Crippen LogP contribution in [0, 0.1) is 5.92 Å². The number of sulfonamides is 1. The van der Waals surface area contributed by atoms with Crippen molar-refractivity contribution in [2.75, 3.05) is 60.7 Å². The maximum atomic E-state index is 13.3. The lowest BCUT2D eigenvalue weighted by Gasteiger charge is -2.28. The minimum absolute atomic E-state index is 0.169. The van der Waals surface area contributed by atoms with Crippen LogP contribution in [0.4, 0.5) is 33.4 Å². The van der Waals surface area contributed by atoms with Gasteiger partial charge in [-0.3, -0.25) is 9.52 Å². The van der Waals surface area contributed by atoms with E-state index >= 15 is 0 Å². The molecular formula is C43H51N7O6S. The first kappa shape index (κ1) is 40.8. The number of carbonyl (C=O) groups is 2. The molecule has 1 aliphatic rings. The molecular weight excluding hydrogens is 743 g/mol. The average Bonchev–Trinajstić information content (AvgIpc) is 3.15. The van der Waals surface area contributed by atoms with E-state index in [4.69, 9.17) is 9.47 Å². The molecule has 1 fully saturated rings. The van der Waals surface area contributed by atoms with Crippen LogP contribution in [0.2, 0.25) is 0 Å². The summed E-state index contributed by atoms with van der Waals surface area (Å²) in [6.07, 6.45) is 5.99. The van der Waals surface area contributed by atoms with E-state index in [0.717, 1.165) is 54.9 Å². The Kier molecular flexibility index (Phi) is 12.5. The maximum absolute atomic E-state index is 13.3. The first-order chi connectivity index (χ1) is 27.1. The highest BCUT2D eigenvalue weighted by atomic mass is 32.2. The summed E-state index contributed by atoms with van der Waals surface area (Å²) >= 11 is 0. The molecule has 13 nitrogen and oxygen atoms in total. The van der Waals surface area contributed by atoms with Gasteiger partial charge >= 0.3 is 6.03 Å². The Balaban J connectivity index is 1.12.